The van der Waals surface area contributed by atoms with Gasteiger partial charge in [0, 0.05) is 13.2 Å². The van der Waals surface area contributed by atoms with E-state index in [2.05, 4.69) is 4.74 Å². The standard InChI is InChI=1S/C10H12O5/c1-12-7-15-9-4-3-8(14-6-11)5-10(9)13-2/h3-6H,7H2,1-2H3. The zero-order valence-electron chi connectivity index (χ0n) is 8.56. The van der Waals surface area contributed by atoms with Crippen LogP contribution in [-0.4, -0.2) is 27.5 Å². The van der Waals surface area contributed by atoms with Gasteiger partial charge in [-0.3, -0.25) is 4.79 Å². The van der Waals surface area contributed by atoms with Crippen molar-refractivity contribution in [1.29, 1.82) is 0 Å². The lowest BCUT2D eigenvalue weighted by Gasteiger charge is -2.10. The minimum atomic E-state index is 0.129. The molecule has 1 rings (SSSR count). The highest BCUT2D eigenvalue weighted by molar-refractivity contribution is 5.51. The van der Waals surface area contributed by atoms with E-state index in [9.17, 15) is 4.79 Å². The predicted octanol–water partition coefficient (Wildman–Crippen LogP) is 1.21. The van der Waals surface area contributed by atoms with E-state index in [1.54, 1.807) is 18.2 Å². The molecule has 0 N–H and O–H groups in total. The average molecular weight is 212 g/mol. The van der Waals surface area contributed by atoms with Crippen LogP contribution in [0.25, 0.3) is 0 Å². The molecule has 0 unspecified atom stereocenters. The first-order valence-corrected chi connectivity index (χ1v) is 4.22. The number of carbonyl (C=O) groups excluding carboxylic acids is 1. The van der Waals surface area contributed by atoms with Gasteiger partial charge in [0.05, 0.1) is 7.11 Å². The zero-order chi connectivity index (χ0) is 11.1. The predicted molar refractivity (Wildman–Crippen MR) is 52.2 cm³/mol. The summed E-state index contributed by atoms with van der Waals surface area (Å²) in [6.07, 6.45) is 0. The lowest BCUT2D eigenvalue weighted by atomic mass is 10.3. The Kier molecular flexibility index (Phi) is 4.43. The molecule has 0 saturated carbocycles. The van der Waals surface area contributed by atoms with Gasteiger partial charge in [0.25, 0.3) is 6.47 Å². The molecular formula is C10H12O5. The first-order valence-electron chi connectivity index (χ1n) is 4.22. The minimum Gasteiger partial charge on any atom is -0.493 e. The number of benzene rings is 1. The van der Waals surface area contributed by atoms with Crippen molar-refractivity contribution in [2.24, 2.45) is 0 Å². The van der Waals surface area contributed by atoms with E-state index >= 15 is 0 Å². The van der Waals surface area contributed by atoms with E-state index < -0.39 is 0 Å². The van der Waals surface area contributed by atoms with E-state index in [0.717, 1.165) is 0 Å². The molecule has 0 heterocycles. The van der Waals surface area contributed by atoms with Crippen LogP contribution in [0.3, 0.4) is 0 Å². The molecule has 0 spiro atoms. The van der Waals surface area contributed by atoms with E-state index in [-0.39, 0.29) is 6.79 Å². The fourth-order valence-electron chi connectivity index (χ4n) is 1.02. The van der Waals surface area contributed by atoms with Gasteiger partial charge in [0.1, 0.15) is 5.75 Å². The van der Waals surface area contributed by atoms with E-state index in [1.165, 1.54) is 14.2 Å². The second-order valence-electron chi connectivity index (χ2n) is 2.58. The van der Waals surface area contributed by atoms with Crippen molar-refractivity contribution >= 4 is 6.47 Å². The molecule has 0 aliphatic heterocycles. The lowest BCUT2D eigenvalue weighted by Crippen LogP contribution is -2.01. The first kappa shape index (κ1) is 11.3. The number of rotatable bonds is 6. The molecule has 0 radical (unpaired) electrons. The van der Waals surface area contributed by atoms with Crippen LogP contribution in [0.5, 0.6) is 17.2 Å². The molecule has 1 aromatic carbocycles. The third-order valence-corrected chi connectivity index (χ3v) is 1.65. The fraction of sp³-hybridized carbons (Fsp3) is 0.300. The maximum absolute atomic E-state index is 10.1. The molecule has 0 aliphatic rings. The largest absolute Gasteiger partial charge is 0.493 e. The second kappa shape index (κ2) is 5.87. The van der Waals surface area contributed by atoms with Gasteiger partial charge in [0.2, 0.25) is 0 Å². The van der Waals surface area contributed by atoms with Crippen molar-refractivity contribution in [2.75, 3.05) is 21.0 Å². The Morgan fingerprint density at radius 3 is 2.67 bits per heavy atom. The summed E-state index contributed by atoms with van der Waals surface area (Å²) in [6.45, 7) is 0.481. The Hall–Kier alpha value is -1.75. The Morgan fingerprint density at radius 2 is 2.07 bits per heavy atom. The number of hydrogen-bond donors (Lipinski definition) is 0. The smallest absolute Gasteiger partial charge is 0.298 e. The summed E-state index contributed by atoms with van der Waals surface area (Å²) < 4.78 is 19.7. The topological polar surface area (TPSA) is 54.0 Å². The number of ether oxygens (including phenoxy) is 4. The van der Waals surface area contributed by atoms with Crippen molar-refractivity contribution in [1.82, 2.24) is 0 Å². The summed E-state index contributed by atoms with van der Waals surface area (Å²) in [4.78, 5) is 10.1. The van der Waals surface area contributed by atoms with Crippen LogP contribution in [0.4, 0.5) is 0 Å². The van der Waals surface area contributed by atoms with Crippen LogP contribution in [0.1, 0.15) is 0 Å². The average Bonchev–Trinajstić information content (AvgIpc) is 2.27. The highest BCUT2D eigenvalue weighted by Gasteiger charge is 2.05. The van der Waals surface area contributed by atoms with E-state index in [4.69, 9.17) is 14.2 Å². The number of methoxy groups -OCH3 is 2. The molecular weight excluding hydrogens is 200 g/mol. The van der Waals surface area contributed by atoms with Gasteiger partial charge in [-0.15, -0.1) is 0 Å². The Labute approximate surface area is 87.5 Å². The number of carbonyl (C=O) groups is 1. The maximum Gasteiger partial charge on any atom is 0.298 e. The molecule has 0 amide bonds. The quantitative estimate of drug-likeness (QED) is 0.524. The Morgan fingerprint density at radius 1 is 1.27 bits per heavy atom. The van der Waals surface area contributed by atoms with Gasteiger partial charge in [-0.05, 0) is 12.1 Å². The molecule has 0 fully saturated rings. The normalized spacial score (nSPS) is 9.47. The van der Waals surface area contributed by atoms with Gasteiger partial charge in [0.15, 0.2) is 18.3 Å². The fourth-order valence-corrected chi connectivity index (χ4v) is 1.02. The molecule has 82 valence electrons. The summed E-state index contributed by atoms with van der Waals surface area (Å²) >= 11 is 0. The van der Waals surface area contributed by atoms with Crippen LogP contribution in [0, 0.1) is 0 Å². The summed E-state index contributed by atoms with van der Waals surface area (Å²) in [7, 11) is 3.02. The van der Waals surface area contributed by atoms with Crippen LogP contribution < -0.4 is 14.2 Å². The Bertz CT molecular complexity index is 324. The molecule has 0 aliphatic carbocycles. The summed E-state index contributed by atoms with van der Waals surface area (Å²) in [5, 5.41) is 0. The monoisotopic (exact) mass is 212 g/mol. The van der Waals surface area contributed by atoms with Gasteiger partial charge in [-0.25, -0.2) is 0 Å². The highest BCUT2D eigenvalue weighted by Crippen LogP contribution is 2.30. The highest BCUT2D eigenvalue weighted by atomic mass is 16.7. The number of hydrogen-bond acceptors (Lipinski definition) is 5. The van der Waals surface area contributed by atoms with Gasteiger partial charge in [-0.1, -0.05) is 0 Å². The molecule has 5 heteroatoms. The Balaban J connectivity index is 2.82. The lowest BCUT2D eigenvalue weighted by molar-refractivity contribution is -0.120. The summed E-state index contributed by atoms with van der Waals surface area (Å²) in [6, 6.07) is 4.79. The van der Waals surface area contributed by atoms with Crippen LogP contribution in [0.2, 0.25) is 0 Å². The maximum atomic E-state index is 10.1. The van der Waals surface area contributed by atoms with Gasteiger partial charge in [-0.2, -0.15) is 0 Å². The third kappa shape index (κ3) is 3.14. The SMILES string of the molecule is COCOc1ccc(OC=O)cc1OC. The minimum absolute atomic E-state index is 0.129. The molecule has 0 aromatic heterocycles. The van der Waals surface area contributed by atoms with Crippen molar-refractivity contribution < 1.29 is 23.7 Å². The summed E-state index contributed by atoms with van der Waals surface area (Å²) in [5.41, 5.74) is 0. The van der Waals surface area contributed by atoms with Crippen molar-refractivity contribution in [3.63, 3.8) is 0 Å². The zero-order valence-corrected chi connectivity index (χ0v) is 8.56. The van der Waals surface area contributed by atoms with Crippen molar-refractivity contribution in [3.05, 3.63) is 18.2 Å². The van der Waals surface area contributed by atoms with Gasteiger partial charge >= 0.3 is 0 Å². The van der Waals surface area contributed by atoms with Gasteiger partial charge < -0.3 is 18.9 Å². The molecule has 5 nitrogen and oxygen atoms in total. The molecule has 15 heavy (non-hydrogen) atoms. The molecule has 0 atom stereocenters. The third-order valence-electron chi connectivity index (χ3n) is 1.65. The van der Waals surface area contributed by atoms with E-state index in [0.29, 0.717) is 23.7 Å². The molecule has 1 aromatic rings. The van der Waals surface area contributed by atoms with Crippen molar-refractivity contribution in [3.8, 4) is 17.2 Å². The second-order valence-corrected chi connectivity index (χ2v) is 2.58. The van der Waals surface area contributed by atoms with Crippen LogP contribution in [-0.2, 0) is 9.53 Å². The molecule has 0 bridgehead atoms. The molecule has 0 saturated heterocycles. The first-order chi connectivity index (χ1) is 7.31. The van der Waals surface area contributed by atoms with Crippen LogP contribution >= 0.6 is 0 Å². The van der Waals surface area contributed by atoms with E-state index in [1.807, 2.05) is 0 Å². The summed E-state index contributed by atoms with van der Waals surface area (Å²) in [5.74, 6) is 1.40. The van der Waals surface area contributed by atoms with Crippen LogP contribution in [0.15, 0.2) is 18.2 Å². The van der Waals surface area contributed by atoms with Crippen molar-refractivity contribution in [2.45, 2.75) is 0 Å².